The third-order valence-electron chi connectivity index (χ3n) is 3.50. The van der Waals surface area contributed by atoms with Gasteiger partial charge in [0.2, 0.25) is 0 Å². The normalized spacial score (nSPS) is 20.1. The molecule has 0 saturated carbocycles. The standard InChI is InChI=1S/C14H19NO4S/c1-2-19-13(16)14(8-10-20(17,18)11-9-14)15-12-6-4-3-5-7-12/h3-7,15H,2,8-11H2,1H3. The number of rotatable bonds is 4. The zero-order valence-electron chi connectivity index (χ0n) is 11.5. The van der Waals surface area contributed by atoms with Gasteiger partial charge in [-0.05, 0) is 31.9 Å². The highest BCUT2D eigenvalue weighted by molar-refractivity contribution is 7.91. The number of esters is 1. The first kappa shape index (κ1) is 14.8. The number of carbonyl (C=O) groups is 1. The van der Waals surface area contributed by atoms with Gasteiger partial charge in [-0.1, -0.05) is 18.2 Å². The minimum atomic E-state index is -3.04. The van der Waals surface area contributed by atoms with Crippen LogP contribution in [0.5, 0.6) is 0 Å². The predicted octanol–water partition coefficient (Wildman–Crippen LogP) is 1.61. The van der Waals surface area contributed by atoms with Crippen molar-refractivity contribution >= 4 is 21.5 Å². The molecule has 2 rings (SSSR count). The van der Waals surface area contributed by atoms with Crippen LogP contribution >= 0.6 is 0 Å². The zero-order chi connectivity index (χ0) is 14.6. The number of ether oxygens (including phenoxy) is 1. The molecular weight excluding hydrogens is 278 g/mol. The highest BCUT2D eigenvalue weighted by Crippen LogP contribution is 2.29. The fraction of sp³-hybridized carbons (Fsp3) is 0.500. The molecule has 0 aliphatic carbocycles. The summed E-state index contributed by atoms with van der Waals surface area (Å²) in [6.07, 6.45) is 0.478. The molecule has 0 bridgehead atoms. The SMILES string of the molecule is CCOC(=O)C1(Nc2ccccc2)CCS(=O)(=O)CC1. The molecule has 1 heterocycles. The van der Waals surface area contributed by atoms with Crippen LogP contribution in [0.15, 0.2) is 30.3 Å². The van der Waals surface area contributed by atoms with Gasteiger partial charge < -0.3 is 10.1 Å². The molecular formula is C14H19NO4S. The van der Waals surface area contributed by atoms with E-state index >= 15 is 0 Å². The van der Waals surface area contributed by atoms with Gasteiger partial charge in [0.05, 0.1) is 18.1 Å². The van der Waals surface area contributed by atoms with Gasteiger partial charge in [0.1, 0.15) is 5.54 Å². The van der Waals surface area contributed by atoms with Crippen LogP contribution in [0.25, 0.3) is 0 Å². The summed E-state index contributed by atoms with van der Waals surface area (Å²) in [5.74, 6) is -0.365. The molecule has 20 heavy (non-hydrogen) atoms. The highest BCUT2D eigenvalue weighted by atomic mass is 32.2. The van der Waals surface area contributed by atoms with E-state index in [1.165, 1.54) is 0 Å². The Bertz CT molecular complexity index is 554. The summed E-state index contributed by atoms with van der Waals surface area (Å²) in [4.78, 5) is 12.3. The van der Waals surface area contributed by atoms with Crippen LogP contribution in [0.4, 0.5) is 5.69 Å². The Morgan fingerprint density at radius 1 is 1.25 bits per heavy atom. The smallest absolute Gasteiger partial charge is 0.331 e. The van der Waals surface area contributed by atoms with Gasteiger partial charge in [0, 0.05) is 5.69 Å². The van der Waals surface area contributed by atoms with Crippen LogP contribution < -0.4 is 5.32 Å². The van der Waals surface area contributed by atoms with Gasteiger partial charge in [-0.15, -0.1) is 0 Å². The van der Waals surface area contributed by atoms with Crippen LogP contribution in [0.1, 0.15) is 19.8 Å². The first-order valence-corrected chi connectivity index (χ1v) is 8.50. The quantitative estimate of drug-likeness (QED) is 0.855. The van der Waals surface area contributed by atoms with E-state index in [1.807, 2.05) is 30.3 Å². The summed E-state index contributed by atoms with van der Waals surface area (Å²) >= 11 is 0. The Balaban J connectivity index is 2.23. The lowest BCUT2D eigenvalue weighted by Gasteiger charge is -2.36. The highest BCUT2D eigenvalue weighted by Gasteiger charge is 2.44. The number of anilines is 1. The topological polar surface area (TPSA) is 72.5 Å². The monoisotopic (exact) mass is 297 g/mol. The Morgan fingerprint density at radius 3 is 2.40 bits per heavy atom. The van der Waals surface area contributed by atoms with E-state index in [2.05, 4.69) is 5.32 Å². The molecule has 0 amide bonds. The minimum Gasteiger partial charge on any atom is -0.464 e. The first-order chi connectivity index (χ1) is 9.47. The molecule has 1 aromatic rings. The number of para-hydroxylation sites is 1. The van der Waals surface area contributed by atoms with Crippen molar-refractivity contribution in [3.05, 3.63) is 30.3 Å². The summed E-state index contributed by atoms with van der Waals surface area (Å²) in [5, 5.41) is 3.18. The third kappa shape index (κ3) is 3.30. The molecule has 1 aromatic carbocycles. The van der Waals surface area contributed by atoms with Crippen molar-refractivity contribution in [1.29, 1.82) is 0 Å². The van der Waals surface area contributed by atoms with Crippen LogP contribution in [0.3, 0.4) is 0 Å². The van der Waals surface area contributed by atoms with E-state index in [4.69, 9.17) is 4.74 Å². The largest absolute Gasteiger partial charge is 0.464 e. The molecule has 0 unspecified atom stereocenters. The maximum absolute atomic E-state index is 12.3. The van der Waals surface area contributed by atoms with E-state index in [0.29, 0.717) is 0 Å². The van der Waals surface area contributed by atoms with Gasteiger partial charge in [0.15, 0.2) is 9.84 Å². The van der Waals surface area contributed by atoms with Gasteiger partial charge in [0.25, 0.3) is 0 Å². The molecule has 5 nitrogen and oxygen atoms in total. The Kier molecular flexibility index (Phi) is 4.32. The van der Waals surface area contributed by atoms with Crippen LogP contribution in [-0.4, -0.2) is 38.0 Å². The maximum atomic E-state index is 12.3. The molecule has 110 valence electrons. The van der Waals surface area contributed by atoms with Crippen molar-refractivity contribution in [3.63, 3.8) is 0 Å². The molecule has 1 aliphatic heterocycles. The van der Waals surface area contributed by atoms with E-state index in [9.17, 15) is 13.2 Å². The number of hydrogen-bond donors (Lipinski definition) is 1. The number of nitrogens with one attached hydrogen (secondary N) is 1. The van der Waals surface area contributed by atoms with E-state index in [1.54, 1.807) is 6.92 Å². The Morgan fingerprint density at radius 2 is 1.85 bits per heavy atom. The molecule has 1 N–H and O–H groups in total. The third-order valence-corrected chi connectivity index (χ3v) is 5.16. The van der Waals surface area contributed by atoms with Gasteiger partial charge in [-0.3, -0.25) is 0 Å². The number of hydrogen-bond acceptors (Lipinski definition) is 5. The summed E-state index contributed by atoms with van der Waals surface area (Å²) < 4.78 is 28.3. The van der Waals surface area contributed by atoms with Crippen LogP contribution in [0, 0.1) is 0 Å². The molecule has 1 saturated heterocycles. The van der Waals surface area contributed by atoms with Crippen molar-refractivity contribution in [2.75, 3.05) is 23.4 Å². The molecule has 6 heteroatoms. The fourth-order valence-electron chi connectivity index (χ4n) is 2.33. The molecule has 0 radical (unpaired) electrons. The summed E-state index contributed by atoms with van der Waals surface area (Å²) in [5.41, 5.74) is -0.150. The second-order valence-corrected chi connectivity index (χ2v) is 7.25. The molecule has 0 atom stereocenters. The summed E-state index contributed by atoms with van der Waals surface area (Å²) in [6.45, 7) is 2.03. The zero-order valence-corrected chi connectivity index (χ0v) is 12.3. The van der Waals surface area contributed by atoms with E-state index < -0.39 is 15.4 Å². The van der Waals surface area contributed by atoms with Gasteiger partial charge >= 0.3 is 5.97 Å². The Hall–Kier alpha value is -1.56. The maximum Gasteiger partial charge on any atom is 0.331 e. The predicted molar refractivity (Wildman–Crippen MR) is 77.3 cm³/mol. The lowest BCUT2D eigenvalue weighted by molar-refractivity contribution is -0.148. The van der Waals surface area contributed by atoms with E-state index in [-0.39, 0.29) is 36.9 Å². The summed E-state index contributed by atoms with van der Waals surface area (Å²) in [6, 6.07) is 9.31. The average molecular weight is 297 g/mol. The van der Waals surface area contributed by atoms with Crippen molar-refractivity contribution in [1.82, 2.24) is 0 Å². The number of benzene rings is 1. The summed E-state index contributed by atoms with van der Waals surface area (Å²) in [7, 11) is -3.04. The molecule has 1 aliphatic rings. The van der Waals surface area contributed by atoms with Crippen molar-refractivity contribution in [2.45, 2.75) is 25.3 Å². The van der Waals surface area contributed by atoms with Crippen molar-refractivity contribution < 1.29 is 17.9 Å². The van der Waals surface area contributed by atoms with Crippen LogP contribution in [0.2, 0.25) is 0 Å². The first-order valence-electron chi connectivity index (χ1n) is 6.68. The second kappa shape index (κ2) is 5.83. The second-order valence-electron chi connectivity index (χ2n) is 4.95. The van der Waals surface area contributed by atoms with Gasteiger partial charge in [-0.2, -0.15) is 0 Å². The van der Waals surface area contributed by atoms with Crippen molar-refractivity contribution in [2.24, 2.45) is 0 Å². The fourth-order valence-corrected chi connectivity index (χ4v) is 3.86. The van der Waals surface area contributed by atoms with Gasteiger partial charge in [-0.25, -0.2) is 13.2 Å². The lowest BCUT2D eigenvalue weighted by atomic mass is 9.91. The van der Waals surface area contributed by atoms with Crippen molar-refractivity contribution in [3.8, 4) is 0 Å². The molecule has 0 spiro atoms. The lowest BCUT2D eigenvalue weighted by Crippen LogP contribution is -2.52. The molecule has 0 aromatic heterocycles. The minimum absolute atomic E-state index is 0.00560. The Labute approximate surface area is 119 Å². The number of carbonyl (C=O) groups excluding carboxylic acids is 1. The van der Waals surface area contributed by atoms with E-state index in [0.717, 1.165) is 5.69 Å². The van der Waals surface area contributed by atoms with Crippen LogP contribution in [-0.2, 0) is 19.4 Å². The molecule has 1 fully saturated rings. The number of sulfone groups is 1. The average Bonchev–Trinajstić information content (AvgIpc) is 2.43.